The highest BCUT2D eigenvalue weighted by molar-refractivity contribution is 7.80. The number of carbonyl (C=O) groups is 2. The van der Waals surface area contributed by atoms with E-state index in [9.17, 15) is 19.5 Å². The summed E-state index contributed by atoms with van der Waals surface area (Å²) in [5.41, 5.74) is 0.318. The molecule has 2 aromatic heterocycles. The van der Waals surface area contributed by atoms with E-state index in [-0.39, 0.29) is 23.3 Å². The van der Waals surface area contributed by atoms with Crippen molar-refractivity contribution in [2.24, 2.45) is 0 Å². The molecule has 0 spiro atoms. The Balaban J connectivity index is 1.41. The number of fused-ring (bicyclic) bond motifs is 1. The minimum absolute atomic E-state index is 0.165. The number of pyridine rings is 1. The van der Waals surface area contributed by atoms with Crippen LogP contribution in [0.5, 0.6) is 0 Å². The monoisotopic (exact) mass is 514 g/mol. The van der Waals surface area contributed by atoms with Crippen LogP contribution in [0.15, 0.2) is 41.5 Å². The smallest absolute Gasteiger partial charge is 0.341 e. The van der Waals surface area contributed by atoms with Crippen LogP contribution in [-0.4, -0.2) is 67.7 Å². The SMILES string of the molecule is CCn1cc(C(=O)O)c(=O)c2cnc(N3CCN(C(=S)NC(=O)Cc4ccc(Cl)cc4)CC3)nc21. The fourth-order valence-electron chi connectivity index (χ4n) is 3.85. The first-order valence-corrected chi connectivity index (χ1v) is 11.8. The van der Waals surface area contributed by atoms with E-state index < -0.39 is 11.4 Å². The first kappa shape index (κ1) is 24.6. The Hall–Kier alpha value is -3.57. The van der Waals surface area contributed by atoms with Crippen molar-refractivity contribution in [1.29, 1.82) is 0 Å². The number of aryl methyl sites for hydroxylation is 1. The van der Waals surface area contributed by atoms with Crippen molar-refractivity contribution in [2.75, 3.05) is 31.1 Å². The molecule has 10 nitrogen and oxygen atoms in total. The summed E-state index contributed by atoms with van der Waals surface area (Å²) >= 11 is 11.3. The molecule has 2 N–H and O–H groups in total. The van der Waals surface area contributed by atoms with Crippen LogP contribution < -0.4 is 15.6 Å². The molecular weight excluding hydrogens is 492 g/mol. The highest BCUT2D eigenvalue weighted by atomic mass is 35.5. The van der Waals surface area contributed by atoms with Crippen LogP contribution in [0.1, 0.15) is 22.8 Å². The minimum atomic E-state index is -1.28. The predicted molar refractivity (Wildman–Crippen MR) is 136 cm³/mol. The average Bonchev–Trinajstić information content (AvgIpc) is 2.85. The zero-order chi connectivity index (χ0) is 25.1. The number of halogens is 1. The summed E-state index contributed by atoms with van der Waals surface area (Å²) in [6.45, 7) is 4.52. The van der Waals surface area contributed by atoms with Gasteiger partial charge >= 0.3 is 5.97 Å². The standard InChI is InChI=1S/C23H23ClN6O4S/c1-2-28-13-17(21(33)34)19(32)16-12-25-22(27-20(16)28)29-7-9-30(10-8-29)23(35)26-18(31)11-14-3-5-15(24)6-4-14/h3-6,12-13H,2,7-11H2,1H3,(H,33,34)(H,26,31,35). The molecule has 12 heteroatoms. The van der Waals surface area contributed by atoms with E-state index in [1.54, 1.807) is 28.8 Å². The molecule has 1 fully saturated rings. The summed E-state index contributed by atoms with van der Waals surface area (Å²) in [4.78, 5) is 49.0. The van der Waals surface area contributed by atoms with Crippen LogP contribution in [0.4, 0.5) is 5.95 Å². The Bertz CT molecular complexity index is 1350. The van der Waals surface area contributed by atoms with E-state index in [4.69, 9.17) is 23.8 Å². The lowest BCUT2D eigenvalue weighted by molar-refractivity contribution is -0.119. The third kappa shape index (κ3) is 5.41. The van der Waals surface area contributed by atoms with Crippen LogP contribution in [0.25, 0.3) is 11.0 Å². The van der Waals surface area contributed by atoms with Gasteiger partial charge in [0.05, 0.1) is 11.8 Å². The van der Waals surface area contributed by atoms with Crippen LogP contribution in [0.2, 0.25) is 5.02 Å². The summed E-state index contributed by atoms with van der Waals surface area (Å²) in [6, 6.07) is 7.07. The molecule has 1 aliphatic heterocycles. The number of benzene rings is 1. The number of carbonyl (C=O) groups excluding carboxylic acids is 1. The first-order chi connectivity index (χ1) is 16.8. The van der Waals surface area contributed by atoms with E-state index in [1.165, 1.54) is 12.4 Å². The predicted octanol–water partition coefficient (Wildman–Crippen LogP) is 1.93. The van der Waals surface area contributed by atoms with Gasteiger partial charge in [-0.1, -0.05) is 23.7 Å². The summed E-state index contributed by atoms with van der Waals surface area (Å²) in [6.07, 6.45) is 2.89. The molecule has 182 valence electrons. The molecule has 1 aromatic carbocycles. The van der Waals surface area contributed by atoms with Crippen LogP contribution in [0, 0.1) is 0 Å². The first-order valence-electron chi connectivity index (χ1n) is 11.0. The quantitative estimate of drug-likeness (QED) is 0.492. The average molecular weight is 515 g/mol. The number of nitrogens with zero attached hydrogens (tertiary/aromatic N) is 5. The van der Waals surface area contributed by atoms with Gasteiger partial charge in [-0.3, -0.25) is 9.59 Å². The molecule has 1 aliphatic rings. The molecule has 1 amide bonds. The summed E-state index contributed by atoms with van der Waals surface area (Å²) in [5, 5.41) is 13.2. The Kier molecular flexibility index (Phi) is 7.27. The molecule has 0 saturated carbocycles. The molecule has 0 radical (unpaired) electrons. The largest absolute Gasteiger partial charge is 0.477 e. The van der Waals surface area contributed by atoms with Crippen LogP contribution in [0.3, 0.4) is 0 Å². The Morgan fingerprint density at radius 2 is 1.86 bits per heavy atom. The number of nitrogens with one attached hydrogen (secondary N) is 1. The zero-order valence-electron chi connectivity index (χ0n) is 18.9. The number of hydrogen-bond donors (Lipinski definition) is 2. The molecule has 3 aromatic rings. The van der Waals surface area contributed by atoms with Gasteiger partial charge in [-0.05, 0) is 36.8 Å². The van der Waals surface area contributed by atoms with Gasteiger partial charge < -0.3 is 24.8 Å². The highest BCUT2D eigenvalue weighted by Gasteiger charge is 2.23. The van der Waals surface area contributed by atoms with Gasteiger partial charge in [-0.25, -0.2) is 9.78 Å². The number of anilines is 1. The van der Waals surface area contributed by atoms with Gasteiger partial charge in [-0.2, -0.15) is 4.98 Å². The Labute approximate surface area is 211 Å². The van der Waals surface area contributed by atoms with Gasteiger partial charge in [-0.15, -0.1) is 0 Å². The zero-order valence-corrected chi connectivity index (χ0v) is 20.5. The van der Waals surface area contributed by atoms with Crippen molar-refractivity contribution < 1.29 is 14.7 Å². The van der Waals surface area contributed by atoms with Gasteiger partial charge in [0, 0.05) is 50.1 Å². The lowest BCUT2D eigenvalue weighted by Gasteiger charge is -2.36. The number of rotatable bonds is 5. The van der Waals surface area contributed by atoms with Gasteiger partial charge in [0.15, 0.2) is 5.11 Å². The van der Waals surface area contributed by atoms with E-state index in [1.807, 2.05) is 16.7 Å². The third-order valence-electron chi connectivity index (χ3n) is 5.75. The number of hydrogen-bond acceptors (Lipinski definition) is 7. The second-order valence-electron chi connectivity index (χ2n) is 8.00. The van der Waals surface area contributed by atoms with Crippen molar-refractivity contribution in [1.82, 2.24) is 24.8 Å². The topological polar surface area (TPSA) is 121 Å². The van der Waals surface area contributed by atoms with E-state index >= 15 is 0 Å². The maximum absolute atomic E-state index is 12.5. The molecule has 0 bridgehead atoms. The molecule has 0 aliphatic carbocycles. The summed E-state index contributed by atoms with van der Waals surface area (Å²) in [7, 11) is 0. The number of amides is 1. The maximum Gasteiger partial charge on any atom is 0.341 e. The number of thiocarbonyl (C=S) groups is 1. The number of piperazine rings is 1. The van der Waals surface area contributed by atoms with Gasteiger partial charge in [0.2, 0.25) is 17.3 Å². The minimum Gasteiger partial charge on any atom is -0.477 e. The van der Waals surface area contributed by atoms with E-state index in [2.05, 4.69) is 15.3 Å². The molecule has 0 unspecified atom stereocenters. The number of aromatic nitrogens is 3. The molecule has 35 heavy (non-hydrogen) atoms. The molecular formula is C23H23ClN6O4S. The number of aromatic carboxylic acids is 1. The lowest BCUT2D eigenvalue weighted by atomic mass is 10.1. The third-order valence-corrected chi connectivity index (χ3v) is 6.36. The van der Waals surface area contributed by atoms with E-state index in [0.29, 0.717) is 54.5 Å². The normalized spacial score (nSPS) is 13.7. The maximum atomic E-state index is 12.5. The Morgan fingerprint density at radius 3 is 2.49 bits per heavy atom. The van der Waals surface area contributed by atoms with Crippen molar-refractivity contribution in [3.63, 3.8) is 0 Å². The van der Waals surface area contributed by atoms with Gasteiger partial charge in [0.25, 0.3) is 0 Å². The van der Waals surface area contributed by atoms with Crippen molar-refractivity contribution in [3.05, 3.63) is 63.0 Å². The fraction of sp³-hybridized carbons (Fsp3) is 0.304. The highest BCUT2D eigenvalue weighted by Crippen LogP contribution is 2.16. The molecule has 3 heterocycles. The lowest BCUT2D eigenvalue weighted by Crippen LogP contribution is -2.53. The van der Waals surface area contributed by atoms with Gasteiger partial charge in [0.1, 0.15) is 11.2 Å². The summed E-state index contributed by atoms with van der Waals surface area (Å²) in [5.74, 6) is -1.04. The molecule has 1 saturated heterocycles. The molecule has 0 atom stereocenters. The van der Waals surface area contributed by atoms with Crippen LogP contribution >= 0.6 is 23.8 Å². The van der Waals surface area contributed by atoms with Crippen molar-refractivity contribution in [2.45, 2.75) is 19.9 Å². The summed E-state index contributed by atoms with van der Waals surface area (Å²) < 4.78 is 1.63. The number of carboxylic acids is 1. The fourth-order valence-corrected chi connectivity index (χ4v) is 4.27. The van der Waals surface area contributed by atoms with E-state index in [0.717, 1.165) is 5.56 Å². The Morgan fingerprint density at radius 1 is 1.17 bits per heavy atom. The van der Waals surface area contributed by atoms with Crippen LogP contribution in [-0.2, 0) is 17.8 Å². The second kappa shape index (κ2) is 10.4. The van der Waals surface area contributed by atoms with Crippen molar-refractivity contribution >= 4 is 57.8 Å². The second-order valence-corrected chi connectivity index (χ2v) is 8.82. The van der Waals surface area contributed by atoms with Crippen molar-refractivity contribution in [3.8, 4) is 0 Å². The molecule has 4 rings (SSSR count). The number of carboxylic acid groups (broad SMARTS) is 1.